The van der Waals surface area contributed by atoms with Crippen LogP contribution in [0.5, 0.6) is 5.75 Å². The molecule has 88 valence electrons. The van der Waals surface area contributed by atoms with Crippen molar-refractivity contribution >= 4 is 6.29 Å². The number of benzene rings is 1. The lowest BCUT2D eigenvalue weighted by Gasteiger charge is -2.18. The summed E-state index contributed by atoms with van der Waals surface area (Å²) in [7, 11) is 1.65. The largest absolute Gasteiger partial charge is 0.488 e. The molecule has 0 radical (unpaired) electrons. The number of methoxy groups -OCH3 is 1. The van der Waals surface area contributed by atoms with Crippen molar-refractivity contribution < 1.29 is 14.3 Å². The van der Waals surface area contributed by atoms with Gasteiger partial charge in [-0.2, -0.15) is 0 Å². The minimum atomic E-state index is 0.00415. The first-order chi connectivity index (χ1) is 7.58. The van der Waals surface area contributed by atoms with Crippen LogP contribution in [0.4, 0.5) is 0 Å². The maximum Gasteiger partial charge on any atom is 0.150 e. The van der Waals surface area contributed by atoms with Crippen molar-refractivity contribution in [1.29, 1.82) is 0 Å². The SMILES string of the molecule is COCC(C)Oc1c(C)cc(C=O)cc1C. The minimum Gasteiger partial charge on any atom is -0.488 e. The van der Waals surface area contributed by atoms with Crippen molar-refractivity contribution in [3.63, 3.8) is 0 Å². The highest BCUT2D eigenvalue weighted by atomic mass is 16.5. The van der Waals surface area contributed by atoms with E-state index in [1.807, 2.05) is 32.9 Å². The Morgan fingerprint density at radius 1 is 1.31 bits per heavy atom. The molecule has 0 aromatic heterocycles. The predicted molar refractivity (Wildman–Crippen MR) is 63.3 cm³/mol. The number of hydrogen-bond donors (Lipinski definition) is 0. The van der Waals surface area contributed by atoms with E-state index in [9.17, 15) is 4.79 Å². The van der Waals surface area contributed by atoms with Crippen molar-refractivity contribution in [3.8, 4) is 5.75 Å². The predicted octanol–water partition coefficient (Wildman–Crippen LogP) is 2.53. The number of rotatable bonds is 5. The zero-order valence-electron chi connectivity index (χ0n) is 10.2. The molecule has 0 aliphatic carbocycles. The number of carbonyl (C=O) groups excluding carboxylic acids is 1. The molecule has 0 aliphatic rings. The Morgan fingerprint density at radius 2 is 1.88 bits per heavy atom. The molecule has 0 saturated heterocycles. The molecule has 1 atom stereocenters. The summed E-state index contributed by atoms with van der Waals surface area (Å²) in [6, 6.07) is 3.66. The Morgan fingerprint density at radius 3 is 2.31 bits per heavy atom. The highest BCUT2D eigenvalue weighted by molar-refractivity contribution is 5.76. The fourth-order valence-electron chi connectivity index (χ4n) is 1.71. The lowest BCUT2D eigenvalue weighted by molar-refractivity contribution is 0.0911. The molecule has 3 heteroatoms. The second kappa shape index (κ2) is 5.66. The molecule has 1 aromatic carbocycles. The van der Waals surface area contributed by atoms with E-state index in [1.165, 1.54) is 0 Å². The number of aryl methyl sites for hydroxylation is 2. The first-order valence-corrected chi connectivity index (χ1v) is 5.30. The van der Waals surface area contributed by atoms with Crippen molar-refractivity contribution in [3.05, 3.63) is 28.8 Å². The van der Waals surface area contributed by atoms with Gasteiger partial charge in [0.2, 0.25) is 0 Å². The molecule has 0 spiro atoms. The molecule has 0 aliphatic heterocycles. The molecule has 3 nitrogen and oxygen atoms in total. The van der Waals surface area contributed by atoms with Gasteiger partial charge in [-0.25, -0.2) is 0 Å². The second-order valence-corrected chi connectivity index (χ2v) is 3.99. The highest BCUT2D eigenvalue weighted by Gasteiger charge is 2.10. The number of carbonyl (C=O) groups is 1. The van der Waals surface area contributed by atoms with E-state index in [0.717, 1.165) is 23.2 Å². The van der Waals surface area contributed by atoms with Crippen molar-refractivity contribution in [2.24, 2.45) is 0 Å². The van der Waals surface area contributed by atoms with Crippen LogP contribution in [0.2, 0.25) is 0 Å². The van der Waals surface area contributed by atoms with Gasteiger partial charge in [-0.1, -0.05) is 0 Å². The first kappa shape index (κ1) is 12.7. The van der Waals surface area contributed by atoms with Crippen molar-refractivity contribution in [2.45, 2.75) is 26.9 Å². The van der Waals surface area contributed by atoms with Gasteiger partial charge < -0.3 is 9.47 Å². The maximum atomic E-state index is 10.7. The standard InChI is InChI=1S/C13H18O3/c1-9-5-12(7-14)6-10(2)13(9)16-11(3)8-15-4/h5-7,11H,8H2,1-4H3. The average Bonchev–Trinajstić information content (AvgIpc) is 2.23. The van der Waals surface area contributed by atoms with Crippen molar-refractivity contribution in [1.82, 2.24) is 0 Å². The molecule has 1 rings (SSSR count). The van der Waals surface area contributed by atoms with Crippen LogP contribution in [0.25, 0.3) is 0 Å². The van der Waals surface area contributed by atoms with Crippen LogP contribution in [0.15, 0.2) is 12.1 Å². The summed E-state index contributed by atoms with van der Waals surface area (Å²) < 4.78 is 10.8. The molecular weight excluding hydrogens is 204 g/mol. The molecule has 16 heavy (non-hydrogen) atoms. The Balaban J connectivity index is 2.92. The second-order valence-electron chi connectivity index (χ2n) is 3.99. The van der Waals surface area contributed by atoms with Gasteiger partial charge in [0.25, 0.3) is 0 Å². The Labute approximate surface area is 96.4 Å². The Bertz CT molecular complexity index is 348. The topological polar surface area (TPSA) is 35.5 Å². The summed E-state index contributed by atoms with van der Waals surface area (Å²) in [6.07, 6.45) is 0.854. The third-order valence-corrected chi connectivity index (χ3v) is 2.34. The zero-order valence-corrected chi connectivity index (χ0v) is 10.2. The molecule has 0 amide bonds. The monoisotopic (exact) mass is 222 g/mol. The van der Waals surface area contributed by atoms with Crippen LogP contribution < -0.4 is 4.74 Å². The van der Waals surface area contributed by atoms with E-state index in [2.05, 4.69) is 0 Å². The van der Waals surface area contributed by atoms with Gasteiger partial charge in [0.05, 0.1) is 6.61 Å². The van der Waals surface area contributed by atoms with E-state index in [1.54, 1.807) is 7.11 Å². The third kappa shape index (κ3) is 3.07. The number of hydrogen-bond acceptors (Lipinski definition) is 3. The lowest BCUT2D eigenvalue weighted by Crippen LogP contribution is -2.19. The van der Waals surface area contributed by atoms with Gasteiger partial charge in [0.15, 0.2) is 0 Å². The van der Waals surface area contributed by atoms with Gasteiger partial charge in [-0.15, -0.1) is 0 Å². The lowest BCUT2D eigenvalue weighted by atomic mass is 10.1. The quantitative estimate of drug-likeness (QED) is 0.718. The summed E-state index contributed by atoms with van der Waals surface area (Å²) >= 11 is 0. The van der Waals surface area contributed by atoms with Crippen LogP contribution in [0, 0.1) is 13.8 Å². The van der Waals surface area contributed by atoms with Gasteiger partial charge in [-0.05, 0) is 44.0 Å². The molecule has 0 bridgehead atoms. The molecule has 0 heterocycles. The summed E-state index contributed by atoms with van der Waals surface area (Å²) in [4.78, 5) is 10.7. The van der Waals surface area contributed by atoms with Gasteiger partial charge in [0.1, 0.15) is 18.1 Å². The van der Waals surface area contributed by atoms with Crippen LogP contribution in [0.3, 0.4) is 0 Å². The average molecular weight is 222 g/mol. The van der Waals surface area contributed by atoms with Gasteiger partial charge >= 0.3 is 0 Å². The fourth-order valence-corrected chi connectivity index (χ4v) is 1.71. The smallest absolute Gasteiger partial charge is 0.150 e. The third-order valence-electron chi connectivity index (χ3n) is 2.34. The van der Waals surface area contributed by atoms with E-state index in [4.69, 9.17) is 9.47 Å². The molecular formula is C13H18O3. The summed E-state index contributed by atoms with van der Waals surface area (Å²) in [5.74, 6) is 0.843. The summed E-state index contributed by atoms with van der Waals surface area (Å²) in [5.41, 5.74) is 2.64. The van der Waals surface area contributed by atoms with Gasteiger partial charge in [0, 0.05) is 12.7 Å². The van der Waals surface area contributed by atoms with Crippen LogP contribution >= 0.6 is 0 Å². The van der Waals surface area contributed by atoms with Crippen LogP contribution in [0.1, 0.15) is 28.4 Å². The first-order valence-electron chi connectivity index (χ1n) is 5.30. The van der Waals surface area contributed by atoms with E-state index >= 15 is 0 Å². The van der Waals surface area contributed by atoms with Crippen molar-refractivity contribution in [2.75, 3.05) is 13.7 Å². The number of aldehydes is 1. The van der Waals surface area contributed by atoms with Gasteiger partial charge in [-0.3, -0.25) is 4.79 Å². The molecule has 1 aromatic rings. The Kier molecular flexibility index (Phi) is 4.50. The maximum absolute atomic E-state index is 10.7. The van der Waals surface area contributed by atoms with E-state index < -0.39 is 0 Å². The fraction of sp³-hybridized carbons (Fsp3) is 0.462. The molecule has 0 saturated carbocycles. The normalized spacial score (nSPS) is 12.2. The zero-order chi connectivity index (χ0) is 12.1. The molecule has 0 N–H and O–H groups in total. The summed E-state index contributed by atoms with van der Waals surface area (Å²) in [5, 5.41) is 0. The Hall–Kier alpha value is -1.35. The van der Waals surface area contributed by atoms with E-state index in [0.29, 0.717) is 12.2 Å². The minimum absolute atomic E-state index is 0.00415. The molecule has 1 unspecified atom stereocenters. The van der Waals surface area contributed by atoms with Crippen LogP contribution in [-0.4, -0.2) is 26.1 Å². The summed E-state index contributed by atoms with van der Waals surface area (Å²) in [6.45, 7) is 6.38. The number of ether oxygens (including phenoxy) is 2. The molecule has 0 fully saturated rings. The highest BCUT2D eigenvalue weighted by Crippen LogP contribution is 2.25. The van der Waals surface area contributed by atoms with E-state index in [-0.39, 0.29) is 6.10 Å². The van der Waals surface area contributed by atoms with Crippen LogP contribution in [-0.2, 0) is 4.74 Å².